The van der Waals surface area contributed by atoms with E-state index in [1.54, 1.807) is 0 Å². The minimum absolute atomic E-state index is 0.137. The molecular formula is C15H17N5OS2. The van der Waals surface area contributed by atoms with Crippen molar-refractivity contribution in [2.24, 2.45) is 0 Å². The number of hydrogen-bond acceptors (Lipinski definition) is 6. The van der Waals surface area contributed by atoms with E-state index < -0.39 is 0 Å². The van der Waals surface area contributed by atoms with E-state index in [0.717, 1.165) is 30.7 Å². The number of hydrogen-bond donors (Lipinski definition) is 2. The number of fused-ring (bicyclic) bond motifs is 1. The highest BCUT2D eigenvalue weighted by molar-refractivity contribution is 7.99. The topological polar surface area (TPSA) is 94.5 Å². The van der Waals surface area contributed by atoms with Crippen molar-refractivity contribution >= 4 is 34.0 Å². The summed E-state index contributed by atoms with van der Waals surface area (Å²) < 4.78 is 0. The Morgan fingerprint density at radius 2 is 2.35 bits per heavy atom. The third-order valence-electron chi connectivity index (χ3n) is 3.65. The van der Waals surface area contributed by atoms with Crippen molar-refractivity contribution in [2.75, 3.05) is 11.1 Å². The summed E-state index contributed by atoms with van der Waals surface area (Å²) >= 11 is 2.82. The first-order valence-corrected chi connectivity index (χ1v) is 9.28. The van der Waals surface area contributed by atoms with Gasteiger partial charge in [0, 0.05) is 10.8 Å². The summed E-state index contributed by atoms with van der Waals surface area (Å²) in [4.78, 5) is 17.7. The van der Waals surface area contributed by atoms with Gasteiger partial charge in [-0.2, -0.15) is 5.26 Å². The van der Waals surface area contributed by atoms with Crippen LogP contribution in [0.3, 0.4) is 0 Å². The molecule has 0 unspecified atom stereocenters. The molecule has 2 aromatic heterocycles. The first-order valence-electron chi connectivity index (χ1n) is 7.48. The Hall–Kier alpha value is -1.85. The molecule has 0 aliphatic heterocycles. The third kappa shape index (κ3) is 3.41. The number of nitriles is 1. The molecule has 8 heteroatoms. The third-order valence-corrected chi connectivity index (χ3v) is 5.70. The Labute approximate surface area is 142 Å². The lowest BCUT2D eigenvalue weighted by molar-refractivity contribution is -0.113. The molecule has 0 atom stereocenters. The molecule has 0 spiro atoms. The minimum atomic E-state index is -0.137. The van der Waals surface area contributed by atoms with Gasteiger partial charge in [-0.3, -0.25) is 9.89 Å². The van der Waals surface area contributed by atoms with Crippen LogP contribution in [0.2, 0.25) is 0 Å². The molecule has 120 valence electrons. The normalized spacial score (nSPS) is 13.1. The maximum absolute atomic E-state index is 12.1. The Kier molecular flexibility index (Phi) is 4.68. The quantitative estimate of drug-likeness (QED) is 0.811. The van der Waals surface area contributed by atoms with E-state index in [-0.39, 0.29) is 17.6 Å². The molecule has 3 rings (SSSR count). The summed E-state index contributed by atoms with van der Waals surface area (Å²) in [5.41, 5.74) is 1.76. The molecule has 2 heterocycles. The number of carbonyl (C=O) groups is 1. The van der Waals surface area contributed by atoms with Crippen LogP contribution in [-0.4, -0.2) is 26.8 Å². The van der Waals surface area contributed by atoms with Gasteiger partial charge in [-0.25, -0.2) is 4.98 Å². The number of thiophene rings is 1. The van der Waals surface area contributed by atoms with Crippen LogP contribution in [0.4, 0.5) is 5.00 Å². The SMILES string of the molecule is CC(C)c1nc(SCC(=O)Nc2sc3c(c2C#N)CCC3)n[nH]1. The standard InChI is InChI=1S/C15H17N5OS2/c1-8(2)13-18-15(20-19-13)22-7-12(21)17-14-10(6-16)9-4-3-5-11(9)23-14/h8H,3-5,7H2,1-2H3,(H,17,21)(H,18,19,20). The van der Waals surface area contributed by atoms with Gasteiger partial charge in [-0.15, -0.1) is 16.4 Å². The zero-order valence-corrected chi connectivity index (χ0v) is 14.6. The Balaban J connectivity index is 1.60. The summed E-state index contributed by atoms with van der Waals surface area (Å²) in [6.07, 6.45) is 3.05. The molecule has 2 aromatic rings. The van der Waals surface area contributed by atoms with Gasteiger partial charge in [0.25, 0.3) is 0 Å². The minimum Gasteiger partial charge on any atom is -0.316 e. The summed E-state index contributed by atoms with van der Waals surface area (Å²) in [6, 6.07) is 2.23. The van der Waals surface area contributed by atoms with E-state index in [9.17, 15) is 10.1 Å². The highest BCUT2D eigenvalue weighted by Gasteiger charge is 2.23. The predicted octanol–water partition coefficient (Wildman–Crippen LogP) is 3.08. The molecule has 2 N–H and O–H groups in total. The zero-order valence-electron chi connectivity index (χ0n) is 13.0. The molecule has 0 radical (unpaired) electrons. The molecule has 1 amide bonds. The molecule has 0 saturated heterocycles. The number of rotatable bonds is 5. The van der Waals surface area contributed by atoms with Crippen molar-refractivity contribution < 1.29 is 4.79 Å². The fourth-order valence-corrected chi connectivity index (χ4v) is 4.35. The second kappa shape index (κ2) is 6.72. The van der Waals surface area contributed by atoms with Crippen molar-refractivity contribution in [3.8, 4) is 6.07 Å². The lowest BCUT2D eigenvalue weighted by Crippen LogP contribution is -2.14. The second-order valence-corrected chi connectivity index (χ2v) is 7.72. The number of thioether (sulfide) groups is 1. The van der Waals surface area contributed by atoms with E-state index >= 15 is 0 Å². The van der Waals surface area contributed by atoms with Crippen LogP contribution < -0.4 is 5.32 Å². The largest absolute Gasteiger partial charge is 0.316 e. The molecule has 6 nitrogen and oxygen atoms in total. The Bertz CT molecular complexity index is 771. The number of nitrogens with one attached hydrogen (secondary N) is 2. The van der Waals surface area contributed by atoms with Gasteiger partial charge < -0.3 is 5.32 Å². The lowest BCUT2D eigenvalue weighted by atomic mass is 10.1. The molecule has 0 bridgehead atoms. The van der Waals surface area contributed by atoms with Gasteiger partial charge in [0.1, 0.15) is 16.9 Å². The van der Waals surface area contributed by atoms with Crippen LogP contribution in [0.15, 0.2) is 5.16 Å². The number of nitrogens with zero attached hydrogens (tertiary/aromatic N) is 3. The van der Waals surface area contributed by atoms with Gasteiger partial charge >= 0.3 is 0 Å². The summed E-state index contributed by atoms with van der Waals surface area (Å²) in [7, 11) is 0. The highest BCUT2D eigenvalue weighted by atomic mass is 32.2. The van der Waals surface area contributed by atoms with E-state index in [4.69, 9.17) is 0 Å². The monoisotopic (exact) mass is 347 g/mol. The zero-order chi connectivity index (χ0) is 16.4. The number of aromatic amines is 1. The van der Waals surface area contributed by atoms with Crippen LogP contribution in [0, 0.1) is 11.3 Å². The molecule has 1 aliphatic carbocycles. The molecule has 0 saturated carbocycles. The second-order valence-electron chi connectivity index (χ2n) is 5.67. The molecule has 1 aliphatic rings. The lowest BCUT2D eigenvalue weighted by Gasteiger charge is -2.02. The van der Waals surface area contributed by atoms with Crippen LogP contribution in [0.1, 0.15) is 48.0 Å². The van der Waals surface area contributed by atoms with E-state index in [2.05, 4.69) is 26.6 Å². The van der Waals surface area contributed by atoms with Crippen molar-refractivity contribution in [3.05, 3.63) is 21.8 Å². The number of amides is 1. The van der Waals surface area contributed by atoms with Crippen LogP contribution in [0.5, 0.6) is 0 Å². The van der Waals surface area contributed by atoms with Crippen LogP contribution >= 0.6 is 23.1 Å². The fraction of sp³-hybridized carbons (Fsp3) is 0.467. The maximum atomic E-state index is 12.1. The first-order chi connectivity index (χ1) is 11.1. The molecule has 23 heavy (non-hydrogen) atoms. The maximum Gasteiger partial charge on any atom is 0.235 e. The van der Waals surface area contributed by atoms with E-state index in [0.29, 0.717) is 15.7 Å². The number of aryl methyl sites for hydroxylation is 1. The molecular weight excluding hydrogens is 330 g/mol. The van der Waals surface area contributed by atoms with Crippen molar-refractivity contribution in [1.82, 2.24) is 15.2 Å². The Morgan fingerprint density at radius 1 is 1.52 bits per heavy atom. The molecule has 0 fully saturated rings. The summed E-state index contributed by atoms with van der Waals surface area (Å²) in [5.74, 6) is 1.18. The van der Waals surface area contributed by atoms with Crippen molar-refractivity contribution in [3.63, 3.8) is 0 Å². The number of carbonyl (C=O) groups excluding carboxylic acids is 1. The average molecular weight is 347 g/mol. The average Bonchev–Trinajstić information content (AvgIpc) is 3.20. The van der Waals surface area contributed by atoms with Gasteiger partial charge in [-0.1, -0.05) is 25.6 Å². The van der Waals surface area contributed by atoms with Gasteiger partial charge in [0.05, 0.1) is 11.3 Å². The highest BCUT2D eigenvalue weighted by Crippen LogP contribution is 2.38. The Morgan fingerprint density at radius 3 is 3.04 bits per heavy atom. The molecule has 0 aromatic carbocycles. The fourth-order valence-electron chi connectivity index (χ4n) is 2.48. The first kappa shape index (κ1) is 16.0. The van der Waals surface area contributed by atoms with Crippen molar-refractivity contribution in [2.45, 2.75) is 44.2 Å². The van der Waals surface area contributed by atoms with E-state index in [1.807, 2.05) is 13.8 Å². The van der Waals surface area contributed by atoms with Gasteiger partial charge in [0.15, 0.2) is 0 Å². The predicted molar refractivity (Wildman–Crippen MR) is 90.9 cm³/mol. The van der Waals surface area contributed by atoms with Crippen LogP contribution in [0.25, 0.3) is 0 Å². The van der Waals surface area contributed by atoms with Crippen molar-refractivity contribution in [1.29, 1.82) is 5.26 Å². The van der Waals surface area contributed by atoms with Gasteiger partial charge in [0.2, 0.25) is 11.1 Å². The number of H-pyrrole nitrogens is 1. The summed E-state index contributed by atoms with van der Waals surface area (Å²) in [6.45, 7) is 4.06. The van der Waals surface area contributed by atoms with E-state index in [1.165, 1.54) is 28.0 Å². The van der Waals surface area contributed by atoms with Crippen LogP contribution in [-0.2, 0) is 17.6 Å². The van der Waals surface area contributed by atoms with Gasteiger partial charge in [-0.05, 0) is 24.8 Å². The number of aromatic nitrogens is 3. The number of anilines is 1. The smallest absolute Gasteiger partial charge is 0.235 e. The summed E-state index contributed by atoms with van der Waals surface area (Å²) in [5, 5.41) is 20.4.